The molecule has 0 radical (unpaired) electrons. The molecule has 27 heavy (non-hydrogen) atoms. The van der Waals surface area contributed by atoms with E-state index in [0.29, 0.717) is 39.4 Å². The molecule has 0 unspecified atom stereocenters. The summed E-state index contributed by atoms with van der Waals surface area (Å²) in [4.78, 5) is 31.0. The molecule has 0 saturated carbocycles. The highest BCUT2D eigenvalue weighted by atomic mass is 16.5. The minimum Gasteiger partial charge on any atom is -0.379 e. The number of ether oxygens (including phenoxy) is 1. The third-order valence-corrected chi connectivity index (χ3v) is 5.43. The summed E-state index contributed by atoms with van der Waals surface area (Å²) in [5.74, 6) is 0.174. The monoisotopic (exact) mass is 374 g/mol. The topological polar surface area (TPSA) is 65.1 Å². The van der Waals surface area contributed by atoms with Crippen molar-refractivity contribution in [3.8, 4) is 0 Å². The molecule has 148 valence electrons. The third-order valence-electron chi connectivity index (χ3n) is 5.43. The van der Waals surface area contributed by atoms with Gasteiger partial charge in [0.15, 0.2) is 0 Å². The van der Waals surface area contributed by atoms with Crippen molar-refractivity contribution in [1.29, 1.82) is 0 Å². The van der Waals surface area contributed by atoms with Crippen LogP contribution in [-0.2, 0) is 14.3 Å². The SMILES string of the molecule is Cc1cccc(NC(=O)CN2CCN(C(=O)CN3CCOCC3)CC2)c1C. The Morgan fingerprint density at radius 1 is 0.963 bits per heavy atom. The molecule has 2 amide bonds. The van der Waals surface area contributed by atoms with Gasteiger partial charge in [0.1, 0.15) is 0 Å². The van der Waals surface area contributed by atoms with Gasteiger partial charge in [0.2, 0.25) is 11.8 Å². The van der Waals surface area contributed by atoms with Crippen LogP contribution in [0.2, 0.25) is 0 Å². The van der Waals surface area contributed by atoms with Crippen molar-refractivity contribution in [2.75, 3.05) is 70.9 Å². The first-order valence-corrected chi connectivity index (χ1v) is 9.69. The van der Waals surface area contributed by atoms with E-state index in [2.05, 4.69) is 15.1 Å². The van der Waals surface area contributed by atoms with Crippen LogP contribution >= 0.6 is 0 Å². The van der Waals surface area contributed by atoms with E-state index in [1.54, 1.807) is 0 Å². The van der Waals surface area contributed by atoms with Gasteiger partial charge in [0, 0.05) is 45.0 Å². The van der Waals surface area contributed by atoms with E-state index < -0.39 is 0 Å². The van der Waals surface area contributed by atoms with Crippen LogP contribution in [-0.4, -0.2) is 92.1 Å². The minimum absolute atomic E-state index is 0.00297. The van der Waals surface area contributed by atoms with E-state index in [-0.39, 0.29) is 11.8 Å². The smallest absolute Gasteiger partial charge is 0.238 e. The highest BCUT2D eigenvalue weighted by Gasteiger charge is 2.24. The second-order valence-electron chi connectivity index (χ2n) is 7.34. The highest BCUT2D eigenvalue weighted by Crippen LogP contribution is 2.18. The number of piperazine rings is 1. The lowest BCUT2D eigenvalue weighted by atomic mass is 10.1. The fourth-order valence-corrected chi connectivity index (χ4v) is 3.49. The number of nitrogens with one attached hydrogen (secondary N) is 1. The molecular weight excluding hydrogens is 344 g/mol. The first-order chi connectivity index (χ1) is 13.0. The van der Waals surface area contributed by atoms with Crippen LogP contribution in [0.5, 0.6) is 0 Å². The van der Waals surface area contributed by atoms with E-state index in [1.807, 2.05) is 36.9 Å². The number of morpholine rings is 1. The van der Waals surface area contributed by atoms with Gasteiger partial charge in [-0.1, -0.05) is 12.1 Å². The van der Waals surface area contributed by atoms with Crippen LogP contribution < -0.4 is 5.32 Å². The molecule has 2 saturated heterocycles. The molecule has 0 aliphatic carbocycles. The number of rotatable bonds is 5. The summed E-state index contributed by atoms with van der Waals surface area (Å²) < 4.78 is 5.32. The first kappa shape index (κ1) is 19.8. The molecule has 0 bridgehead atoms. The van der Waals surface area contributed by atoms with Crippen LogP contribution in [0.15, 0.2) is 18.2 Å². The van der Waals surface area contributed by atoms with Gasteiger partial charge in [0.25, 0.3) is 0 Å². The Bertz CT molecular complexity index is 665. The Morgan fingerprint density at radius 3 is 2.33 bits per heavy atom. The Hall–Kier alpha value is -1.96. The maximum Gasteiger partial charge on any atom is 0.238 e. The lowest BCUT2D eigenvalue weighted by molar-refractivity contribution is -0.135. The molecule has 2 fully saturated rings. The largest absolute Gasteiger partial charge is 0.379 e. The van der Waals surface area contributed by atoms with Crippen molar-refractivity contribution in [1.82, 2.24) is 14.7 Å². The number of amides is 2. The van der Waals surface area contributed by atoms with Crippen LogP contribution in [0.1, 0.15) is 11.1 Å². The maximum atomic E-state index is 12.5. The van der Waals surface area contributed by atoms with Crippen molar-refractivity contribution >= 4 is 17.5 Å². The lowest BCUT2D eigenvalue weighted by Gasteiger charge is -2.36. The van der Waals surface area contributed by atoms with Crippen molar-refractivity contribution in [3.05, 3.63) is 29.3 Å². The molecular formula is C20H30N4O3. The molecule has 2 heterocycles. The Balaban J connectivity index is 1.41. The standard InChI is InChI=1S/C20H30N4O3/c1-16-4-3-5-18(17(16)2)21-19(25)14-22-6-8-24(9-7-22)20(26)15-23-10-12-27-13-11-23/h3-5H,6-15H2,1-2H3,(H,21,25). The van der Waals surface area contributed by atoms with Gasteiger partial charge in [-0.15, -0.1) is 0 Å². The number of hydrogen-bond donors (Lipinski definition) is 1. The zero-order chi connectivity index (χ0) is 19.2. The van der Waals surface area contributed by atoms with Gasteiger partial charge in [-0.3, -0.25) is 19.4 Å². The minimum atomic E-state index is -0.00297. The third kappa shape index (κ3) is 5.51. The van der Waals surface area contributed by atoms with Gasteiger partial charge >= 0.3 is 0 Å². The first-order valence-electron chi connectivity index (χ1n) is 9.69. The quantitative estimate of drug-likeness (QED) is 0.823. The highest BCUT2D eigenvalue weighted by molar-refractivity contribution is 5.93. The average molecular weight is 374 g/mol. The van der Waals surface area contributed by atoms with Gasteiger partial charge in [-0.05, 0) is 31.0 Å². The molecule has 0 atom stereocenters. The summed E-state index contributed by atoms with van der Waals surface area (Å²) in [5.41, 5.74) is 3.14. The van der Waals surface area contributed by atoms with Gasteiger partial charge < -0.3 is 15.0 Å². The fraction of sp³-hybridized carbons (Fsp3) is 0.600. The number of hydrogen-bond acceptors (Lipinski definition) is 5. The van der Waals surface area contributed by atoms with Crippen molar-refractivity contribution in [3.63, 3.8) is 0 Å². The maximum absolute atomic E-state index is 12.5. The van der Waals surface area contributed by atoms with E-state index in [4.69, 9.17) is 4.74 Å². The molecule has 1 N–H and O–H groups in total. The summed E-state index contributed by atoms with van der Waals surface area (Å²) in [6.07, 6.45) is 0. The zero-order valence-electron chi connectivity index (χ0n) is 16.4. The van der Waals surface area contributed by atoms with E-state index in [9.17, 15) is 9.59 Å². The second-order valence-corrected chi connectivity index (χ2v) is 7.34. The van der Waals surface area contributed by atoms with Crippen molar-refractivity contribution < 1.29 is 14.3 Å². The normalized spacial score (nSPS) is 19.1. The molecule has 0 spiro atoms. The summed E-state index contributed by atoms with van der Waals surface area (Å²) in [6, 6.07) is 5.93. The molecule has 2 aliphatic heterocycles. The average Bonchev–Trinajstić information content (AvgIpc) is 2.67. The summed E-state index contributed by atoms with van der Waals surface area (Å²) in [7, 11) is 0. The van der Waals surface area contributed by atoms with Gasteiger partial charge in [0.05, 0.1) is 26.3 Å². The molecule has 0 aromatic heterocycles. The van der Waals surface area contributed by atoms with Crippen molar-refractivity contribution in [2.45, 2.75) is 13.8 Å². The number of aryl methyl sites for hydroxylation is 1. The summed E-state index contributed by atoms with van der Waals surface area (Å²) in [5, 5.41) is 3.01. The molecule has 1 aromatic carbocycles. The molecule has 3 rings (SSSR count). The van der Waals surface area contributed by atoms with Crippen LogP contribution in [0.3, 0.4) is 0 Å². The van der Waals surface area contributed by atoms with E-state index in [1.165, 1.54) is 5.56 Å². The molecule has 7 nitrogen and oxygen atoms in total. The summed E-state index contributed by atoms with van der Waals surface area (Å²) >= 11 is 0. The Morgan fingerprint density at radius 2 is 1.63 bits per heavy atom. The van der Waals surface area contributed by atoms with Gasteiger partial charge in [-0.2, -0.15) is 0 Å². The fourth-order valence-electron chi connectivity index (χ4n) is 3.49. The predicted molar refractivity (Wildman–Crippen MR) is 105 cm³/mol. The molecule has 1 aromatic rings. The predicted octanol–water partition coefficient (Wildman–Crippen LogP) is 0.718. The van der Waals surface area contributed by atoms with Crippen LogP contribution in [0.25, 0.3) is 0 Å². The van der Waals surface area contributed by atoms with E-state index >= 15 is 0 Å². The Labute approximate surface area is 161 Å². The van der Waals surface area contributed by atoms with Gasteiger partial charge in [-0.25, -0.2) is 0 Å². The van der Waals surface area contributed by atoms with Crippen molar-refractivity contribution in [2.24, 2.45) is 0 Å². The molecule has 7 heteroatoms. The zero-order valence-corrected chi connectivity index (χ0v) is 16.4. The van der Waals surface area contributed by atoms with Crippen LogP contribution in [0.4, 0.5) is 5.69 Å². The van der Waals surface area contributed by atoms with E-state index in [0.717, 1.165) is 37.4 Å². The van der Waals surface area contributed by atoms with Crippen LogP contribution in [0, 0.1) is 13.8 Å². The lowest BCUT2D eigenvalue weighted by Crippen LogP contribution is -2.53. The molecule has 2 aliphatic rings. The Kier molecular flexibility index (Phi) is 6.82. The number of benzene rings is 1. The number of anilines is 1. The number of carbonyl (C=O) groups is 2. The second kappa shape index (κ2) is 9.30. The summed E-state index contributed by atoms with van der Waals surface area (Å²) in [6.45, 7) is 10.8. The number of nitrogens with zero attached hydrogens (tertiary/aromatic N) is 3. The number of carbonyl (C=O) groups excluding carboxylic acids is 2.